The zero-order chi connectivity index (χ0) is 24.1. The van der Waals surface area contributed by atoms with E-state index in [-0.39, 0.29) is 12.2 Å². The molecule has 1 aliphatic heterocycles. The third-order valence-electron chi connectivity index (χ3n) is 5.86. The van der Waals surface area contributed by atoms with E-state index in [0.717, 1.165) is 35.5 Å². The van der Waals surface area contributed by atoms with Gasteiger partial charge in [-0.3, -0.25) is 10.1 Å². The Hall–Kier alpha value is -3.54. The first-order valence-electron chi connectivity index (χ1n) is 11.8. The second-order valence-corrected chi connectivity index (χ2v) is 9.71. The van der Waals surface area contributed by atoms with Crippen molar-refractivity contribution >= 4 is 23.3 Å². The minimum absolute atomic E-state index is 0.0122. The van der Waals surface area contributed by atoms with Gasteiger partial charge in [0.25, 0.3) is 0 Å². The lowest BCUT2D eigenvalue weighted by atomic mass is 9.97. The van der Waals surface area contributed by atoms with Gasteiger partial charge < -0.3 is 14.1 Å². The Morgan fingerprint density at radius 2 is 1.71 bits per heavy atom. The van der Waals surface area contributed by atoms with E-state index >= 15 is 0 Å². The van der Waals surface area contributed by atoms with Crippen LogP contribution >= 0.6 is 0 Å². The van der Waals surface area contributed by atoms with Crippen molar-refractivity contribution in [3.05, 3.63) is 72.2 Å². The number of nitrogens with one attached hydrogen (secondary N) is 1. The molecule has 0 radical (unpaired) electrons. The highest BCUT2D eigenvalue weighted by Crippen LogP contribution is 2.28. The number of Topliss-reactive ketones (excluding diaryl/α,β-unsaturated/α-hetero) is 1. The van der Waals surface area contributed by atoms with E-state index in [1.165, 1.54) is 19.3 Å². The van der Waals surface area contributed by atoms with Crippen LogP contribution in [0, 0.1) is 0 Å². The number of carbonyl (C=O) groups excluding carboxylic acids is 2. The van der Waals surface area contributed by atoms with Crippen molar-refractivity contribution in [1.29, 1.82) is 0 Å². The minimum Gasteiger partial charge on any atom is -0.472 e. The zero-order valence-electron chi connectivity index (χ0n) is 20.1. The highest BCUT2D eigenvalue weighted by atomic mass is 16.6. The number of hydrogen-bond donors (Lipinski definition) is 1. The van der Waals surface area contributed by atoms with Crippen LogP contribution in [0.25, 0.3) is 11.1 Å². The SMILES string of the molecule is CC(C)(C)OC(=O)Nc1ccc(-c2ccoc2)cc1CC(=O)c1ccc(N2CCCCC2)cc1. The molecule has 0 bridgehead atoms. The molecule has 4 rings (SSSR count). The summed E-state index contributed by atoms with van der Waals surface area (Å²) >= 11 is 0. The highest BCUT2D eigenvalue weighted by molar-refractivity contribution is 5.99. The molecule has 1 saturated heterocycles. The lowest BCUT2D eigenvalue weighted by Gasteiger charge is -2.28. The van der Waals surface area contributed by atoms with Gasteiger partial charge in [-0.15, -0.1) is 0 Å². The molecule has 1 aliphatic rings. The van der Waals surface area contributed by atoms with Crippen LogP contribution in [-0.4, -0.2) is 30.6 Å². The third-order valence-corrected chi connectivity index (χ3v) is 5.86. The van der Waals surface area contributed by atoms with Gasteiger partial charge in [-0.25, -0.2) is 4.79 Å². The number of nitrogens with zero attached hydrogens (tertiary/aromatic N) is 1. The van der Waals surface area contributed by atoms with Crippen LogP contribution in [0.5, 0.6) is 0 Å². The monoisotopic (exact) mass is 460 g/mol. The number of rotatable bonds is 6. The summed E-state index contributed by atoms with van der Waals surface area (Å²) in [5.74, 6) is -0.0122. The van der Waals surface area contributed by atoms with Crippen LogP contribution < -0.4 is 10.2 Å². The van der Waals surface area contributed by atoms with Gasteiger partial charge in [-0.05, 0) is 93.6 Å². The molecule has 2 heterocycles. The maximum atomic E-state index is 13.2. The summed E-state index contributed by atoms with van der Waals surface area (Å²) in [5, 5.41) is 2.81. The number of carbonyl (C=O) groups is 2. The molecular weight excluding hydrogens is 428 g/mol. The second-order valence-electron chi connectivity index (χ2n) is 9.71. The van der Waals surface area contributed by atoms with Gasteiger partial charge in [-0.2, -0.15) is 0 Å². The predicted octanol–water partition coefficient (Wildman–Crippen LogP) is 6.71. The van der Waals surface area contributed by atoms with E-state index in [1.54, 1.807) is 18.6 Å². The zero-order valence-corrected chi connectivity index (χ0v) is 20.1. The maximum Gasteiger partial charge on any atom is 0.412 e. The van der Waals surface area contributed by atoms with Gasteiger partial charge in [0.15, 0.2) is 5.78 Å². The van der Waals surface area contributed by atoms with E-state index in [2.05, 4.69) is 10.2 Å². The predicted molar refractivity (Wildman–Crippen MR) is 135 cm³/mol. The molecule has 0 atom stereocenters. The summed E-state index contributed by atoms with van der Waals surface area (Å²) in [7, 11) is 0. The van der Waals surface area contributed by atoms with Crippen LogP contribution in [0.4, 0.5) is 16.2 Å². The lowest BCUT2D eigenvalue weighted by Crippen LogP contribution is -2.29. The number of hydrogen-bond acceptors (Lipinski definition) is 5. The Morgan fingerprint density at radius 3 is 2.35 bits per heavy atom. The number of ether oxygens (including phenoxy) is 1. The Balaban J connectivity index is 1.55. The fraction of sp³-hybridized carbons (Fsp3) is 0.357. The summed E-state index contributed by atoms with van der Waals surface area (Å²) in [4.78, 5) is 28.0. The van der Waals surface area contributed by atoms with Gasteiger partial charge in [0.1, 0.15) is 5.60 Å². The summed E-state index contributed by atoms with van der Waals surface area (Å²) < 4.78 is 10.6. The molecule has 3 aromatic rings. The largest absolute Gasteiger partial charge is 0.472 e. The van der Waals surface area contributed by atoms with E-state index < -0.39 is 11.7 Å². The molecule has 1 N–H and O–H groups in total. The van der Waals surface area contributed by atoms with Crippen molar-refractivity contribution in [2.75, 3.05) is 23.3 Å². The minimum atomic E-state index is -0.618. The average molecular weight is 461 g/mol. The van der Waals surface area contributed by atoms with E-state index in [0.29, 0.717) is 11.3 Å². The Kier molecular flexibility index (Phi) is 7.06. The van der Waals surface area contributed by atoms with Gasteiger partial charge in [-0.1, -0.05) is 6.07 Å². The van der Waals surface area contributed by atoms with Crippen LogP contribution in [0.3, 0.4) is 0 Å². The normalized spacial score (nSPS) is 14.0. The molecule has 0 saturated carbocycles. The van der Waals surface area contributed by atoms with Crippen LogP contribution in [-0.2, 0) is 11.2 Å². The van der Waals surface area contributed by atoms with Gasteiger partial charge in [0, 0.05) is 42.0 Å². The van der Waals surface area contributed by atoms with Gasteiger partial charge in [0.05, 0.1) is 12.5 Å². The Labute approximate surface area is 200 Å². The van der Waals surface area contributed by atoms with Crippen molar-refractivity contribution in [2.45, 2.75) is 52.1 Å². The molecule has 0 aliphatic carbocycles. The fourth-order valence-corrected chi connectivity index (χ4v) is 4.17. The van der Waals surface area contributed by atoms with Crippen molar-refractivity contribution < 1.29 is 18.7 Å². The number of amides is 1. The molecule has 2 aromatic carbocycles. The topological polar surface area (TPSA) is 71.8 Å². The quantitative estimate of drug-likeness (QED) is 0.414. The first-order chi connectivity index (χ1) is 16.3. The number of furan rings is 1. The average Bonchev–Trinajstić information content (AvgIpc) is 3.35. The summed E-state index contributed by atoms with van der Waals surface area (Å²) in [6.45, 7) is 7.56. The molecular formula is C28H32N2O4. The first-order valence-corrected chi connectivity index (χ1v) is 11.8. The van der Waals surface area contributed by atoms with E-state index in [9.17, 15) is 9.59 Å². The van der Waals surface area contributed by atoms with Crippen LogP contribution in [0.1, 0.15) is 56.0 Å². The fourth-order valence-electron chi connectivity index (χ4n) is 4.17. The molecule has 178 valence electrons. The van der Waals surface area contributed by atoms with E-state index in [4.69, 9.17) is 9.15 Å². The third kappa shape index (κ3) is 6.07. The van der Waals surface area contributed by atoms with Gasteiger partial charge in [0.2, 0.25) is 0 Å². The molecule has 1 aromatic heterocycles. The van der Waals surface area contributed by atoms with Crippen molar-refractivity contribution in [3.8, 4) is 11.1 Å². The summed E-state index contributed by atoms with van der Waals surface area (Å²) in [6, 6.07) is 15.3. The lowest BCUT2D eigenvalue weighted by molar-refractivity contribution is 0.0635. The first kappa shape index (κ1) is 23.6. The molecule has 0 spiro atoms. The number of ketones is 1. The van der Waals surface area contributed by atoms with Gasteiger partial charge >= 0.3 is 6.09 Å². The molecule has 34 heavy (non-hydrogen) atoms. The summed E-state index contributed by atoms with van der Waals surface area (Å²) in [5.41, 5.74) is 4.28. The molecule has 1 fully saturated rings. The highest BCUT2D eigenvalue weighted by Gasteiger charge is 2.19. The Morgan fingerprint density at radius 1 is 0.971 bits per heavy atom. The van der Waals surface area contributed by atoms with E-state index in [1.807, 2.05) is 63.2 Å². The standard InChI is InChI=1S/C28H32N2O4/c1-28(2,3)34-27(32)29-25-12-9-21(22-13-16-33-19-22)17-23(25)18-26(31)20-7-10-24(11-8-20)30-14-5-4-6-15-30/h7-13,16-17,19H,4-6,14-15,18H2,1-3H3,(H,29,32). The maximum absolute atomic E-state index is 13.2. The molecule has 6 nitrogen and oxygen atoms in total. The van der Waals surface area contributed by atoms with Crippen molar-refractivity contribution in [1.82, 2.24) is 0 Å². The summed E-state index contributed by atoms with van der Waals surface area (Å²) in [6.07, 6.45) is 6.56. The molecule has 6 heteroatoms. The number of piperidine rings is 1. The number of benzene rings is 2. The Bertz CT molecular complexity index is 1120. The molecule has 1 amide bonds. The second kappa shape index (κ2) is 10.2. The number of anilines is 2. The smallest absolute Gasteiger partial charge is 0.412 e. The van der Waals surface area contributed by atoms with Crippen molar-refractivity contribution in [2.24, 2.45) is 0 Å². The van der Waals surface area contributed by atoms with Crippen LogP contribution in [0.15, 0.2) is 65.5 Å². The molecule has 0 unspecified atom stereocenters. The van der Waals surface area contributed by atoms with Crippen molar-refractivity contribution in [3.63, 3.8) is 0 Å². The van der Waals surface area contributed by atoms with Crippen LogP contribution in [0.2, 0.25) is 0 Å².